The van der Waals surface area contributed by atoms with Gasteiger partial charge in [-0.15, -0.1) is 0 Å². The van der Waals surface area contributed by atoms with E-state index in [0.29, 0.717) is 13.0 Å². The predicted octanol–water partition coefficient (Wildman–Crippen LogP) is 2.52. The molecule has 0 unspecified atom stereocenters. The molecule has 1 aromatic carbocycles. The highest BCUT2D eigenvalue weighted by Gasteiger charge is 2.25. The molecule has 2 N–H and O–H groups in total. The van der Waals surface area contributed by atoms with E-state index >= 15 is 0 Å². The summed E-state index contributed by atoms with van der Waals surface area (Å²) in [6.07, 6.45) is -0.828. The minimum Gasteiger partial charge on any atom is -0.444 e. The number of alkyl carbamates (subject to hydrolysis) is 1. The normalized spacial score (nSPS) is 14.2. The molecule has 0 fully saturated rings. The Labute approximate surface area is 132 Å². The zero-order chi connectivity index (χ0) is 16.6. The Bertz CT molecular complexity index is 442. The number of benzene rings is 1. The molecule has 1 aromatic rings. The molecule has 22 heavy (non-hydrogen) atoms. The van der Waals surface area contributed by atoms with Gasteiger partial charge >= 0.3 is 6.09 Å². The quantitative estimate of drug-likeness (QED) is 0.812. The molecular formula is C17H27NO4. The Morgan fingerprint density at radius 2 is 1.91 bits per heavy atom. The van der Waals surface area contributed by atoms with Crippen molar-refractivity contribution in [2.24, 2.45) is 0 Å². The van der Waals surface area contributed by atoms with Crippen molar-refractivity contribution in [2.45, 2.75) is 51.9 Å². The van der Waals surface area contributed by atoms with Crippen molar-refractivity contribution in [1.82, 2.24) is 5.32 Å². The van der Waals surface area contributed by atoms with E-state index in [4.69, 9.17) is 9.47 Å². The molecule has 2 atom stereocenters. The topological polar surface area (TPSA) is 67.8 Å². The summed E-state index contributed by atoms with van der Waals surface area (Å²) in [5, 5.41) is 13.0. The van der Waals surface area contributed by atoms with Gasteiger partial charge in [0.25, 0.3) is 0 Å². The van der Waals surface area contributed by atoms with Crippen molar-refractivity contribution in [1.29, 1.82) is 0 Å². The van der Waals surface area contributed by atoms with Gasteiger partial charge in [-0.1, -0.05) is 30.3 Å². The molecule has 0 spiro atoms. The van der Waals surface area contributed by atoms with E-state index in [2.05, 4.69) is 5.32 Å². The Morgan fingerprint density at radius 1 is 1.27 bits per heavy atom. The number of carbonyl (C=O) groups is 1. The van der Waals surface area contributed by atoms with Gasteiger partial charge in [0.05, 0.1) is 18.8 Å². The molecule has 124 valence electrons. The highest BCUT2D eigenvalue weighted by atomic mass is 16.6. The molecule has 5 heteroatoms. The fourth-order valence-electron chi connectivity index (χ4n) is 1.96. The molecule has 0 aromatic heterocycles. The average Bonchev–Trinajstić information content (AvgIpc) is 2.43. The third-order valence-corrected chi connectivity index (χ3v) is 2.96. The minimum atomic E-state index is -0.798. The number of nitrogens with one attached hydrogen (secondary N) is 1. The van der Waals surface area contributed by atoms with E-state index in [-0.39, 0.29) is 6.61 Å². The first kappa shape index (κ1) is 18.5. The average molecular weight is 309 g/mol. The first-order valence-corrected chi connectivity index (χ1v) is 7.61. The van der Waals surface area contributed by atoms with Crippen molar-refractivity contribution in [2.75, 3.05) is 13.2 Å². The Kier molecular flexibility index (Phi) is 7.35. The van der Waals surface area contributed by atoms with E-state index in [1.54, 1.807) is 20.8 Å². The summed E-state index contributed by atoms with van der Waals surface area (Å²) in [4.78, 5) is 12.0. The lowest BCUT2D eigenvalue weighted by atomic mass is 10.0. The number of rotatable bonds is 7. The van der Waals surface area contributed by atoms with Crippen molar-refractivity contribution in [3.8, 4) is 0 Å². The largest absolute Gasteiger partial charge is 0.444 e. The van der Waals surface area contributed by atoms with Crippen LogP contribution in [0, 0.1) is 0 Å². The summed E-state index contributed by atoms with van der Waals surface area (Å²) in [6, 6.07) is 9.22. The fraction of sp³-hybridized carbons (Fsp3) is 0.588. The van der Waals surface area contributed by atoms with Crippen LogP contribution in [-0.4, -0.2) is 42.2 Å². The SMILES string of the molecule is CCOC[C@@H](O)[C@H](Cc1ccccc1)NC(=O)OC(C)(C)C. The molecule has 1 rings (SSSR count). The van der Waals surface area contributed by atoms with Gasteiger partial charge < -0.3 is 19.9 Å². The molecule has 0 aliphatic rings. The van der Waals surface area contributed by atoms with Crippen molar-refractivity contribution in [3.63, 3.8) is 0 Å². The van der Waals surface area contributed by atoms with Crippen LogP contribution in [0.4, 0.5) is 4.79 Å². The van der Waals surface area contributed by atoms with E-state index in [1.165, 1.54) is 0 Å². The van der Waals surface area contributed by atoms with Gasteiger partial charge in [-0.2, -0.15) is 0 Å². The molecule has 0 saturated heterocycles. The highest BCUT2D eigenvalue weighted by Crippen LogP contribution is 2.10. The molecule has 0 bridgehead atoms. The van der Waals surface area contributed by atoms with Gasteiger partial charge in [-0.25, -0.2) is 4.79 Å². The van der Waals surface area contributed by atoms with Gasteiger partial charge in [0.15, 0.2) is 0 Å². The Morgan fingerprint density at radius 3 is 2.45 bits per heavy atom. The summed E-state index contributed by atoms with van der Waals surface area (Å²) in [6.45, 7) is 7.95. The summed E-state index contributed by atoms with van der Waals surface area (Å²) < 4.78 is 10.5. The lowest BCUT2D eigenvalue weighted by Crippen LogP contribution is -2.48. The maximum absolute atomic E-state index is 12.0. The van der Waals surface area contributed by atoms with E-state index in [9.17, 15) is 9.90 Å². The molecule has 0 heterocycles. The molecule has 0 radical (unpaired) electrons. The smallest absolute Gasteiger partial charge is 0.407 e. The van der Waals surface area contributed by atoms with E-state index < -0.39 is 23.8 Å². The third-order valence-electron chi connectivity index (χ3n) is 2.96. The number of hydrogen-bond acceptors (Lipinski definition) is 4. The number of aliphatic hydroxyl groups excluding tert-OH is 1. The highest BCUT2D eigenvalue weighted by molar-refractivity contribution is 5.68. The molecule has 0 aliphatic heterocycles. The van der Waals surface area contributed by atoms with Crippen LogP contribution in [0.5, 0.6) is 0 Å². The zero-order valence-corrected chi connectivity index (χ0v) is 13.8. The van der Waals surface area contributed by atoms with Crippen LogP contribution in [0.1, 0.15) is 33.3 Å². The van der Waals surface area contributed by atoms with Crippen LogP contribution in [0.2, 0.25) is 0 Å². The van der Waals surface area contributed by atoms with Gasteiger partial charge in [0.2, 0.25) is 0 Å². The van der Waals surface area contributed by atoms with Crippen molar-refractivity contribution in [3.05, 3.63) is 35.9 Å². The summed E-state index contributed by atoms with van der Waals surface area (Å²) in [7, 11) is 0. The summed E-state index contributed by atoms with van der Waals surface area (Å²) >= 11 is 0. The summed E-state index contributed by atoms with van der Waals surface area (Å²) in [5.41, 5.74) is 0.450. The zero-order valence-electron chi connectivity index (χ0n) is 13.8. The molecule has 1 amide bonds. The summed E-state index contributed by atoms with van der Waals surface area (Å²) in [5.74, 6) is 0. The maximum Gasteiger partial charge on any atom is 0.407 e. The van der Waals surface area contributed by atoms with Crippen LogP contribution in [-0.2, 0) is 15.9 Å². The first-order valence-electron chi connectivity index (χ1n) is 7.61. The standard InChI is InChI=1S/C17H27NO4/c1-5-21-12-15(19)14(11-13-9-7-6-8-10-13)18-16(20)22-17(2,3)4/h6-10,14-15,19H,5,11-12H2,1-4H3,(H,18,20)/t14-,15+/m0/s1. The van der Waals surface area contributed by atoms with Crippen LogP contribution in [0.3, 0.4) is 0 Å². The minimum absolute atomic E-state index is 0.170. The van der Waals surface area contributed by atoms with Crippen LogP contribution in [0.15, 0.2) is 30.3 Å². The van der Waals surface area contributed by atoms with Gasteiger partial charge in [0, 0.05) is 6.61 Å². The van der Waals surface area contributed by atoms with Crippen molar-refractivity contribution >= 4 is 6.09 Å². The fourth-order valence-corrected chi connectivity index (χ4v) is 1.96. The van der Waals surface area contributed by atoms with Crippen LogP contribution < -0.4 is 5.32 Å². The maximum atomic E-state index is 12.0. The number of hydrogen-bond donors (Lipinski definition) is 2. The molecule has 0 saturated carbocycles. The second-order valence-electron chi connectivity index (χ2n) is 6.17. The number of amides is 1. The third kappa shape index (κ3) is 7.43. The Hall–Kier alpha value is -1.59. The second-order valence-corrected chi connectivity index (χ2v) is 6.17. The van der Waals surface area contributed by atoms with E-state index in [0.717, 1.165) is 5.56 Å². The van der Waals surface area contributed by atoms with Crippen molar-refractivity contribution < 1.29 is 19.4 Å². The molecular weight excluding hydrogens is 282 g/mol. The van der Waals surface area contributed by atoms with Crippen LogP contribution in [0.25, 0.3) is 0 Å². The second kappa shape index (κ2) is 8.76. The molecule has 0 aliphatic carbocycles. The lowest BCUT2D eigenvalue weighted by Gasteiger charge is -2.26. The Balaban J connectivity index is 2.71. The number of aliphatic hydroxyl groups is 1. The lowest BCUT2D eigenvalue weighted by molar-refractivity contribution is 0.0116. The van der Waals surface area contributed by atoms with Crippen LogP contribution >= 0.6 is 0 Å². The first-order chi connectivity index (χ1) is 10.3. The van der Waals surface area contributed by atoms with Gasteiger partial charge in [-0.3, -0.25) is 0 Å². The number of ether oxygens (including phenoxy) is 2. The molecule has 5 nitrogen and oxygen atoms in total. The number of carbonyl (C=O) groups excluding carboxylic acids is 1. The predicted molar refractivity (Wildman–Crippen MR) is 85.8 cm³/mol. The van der Waals surface area contributed by atoms with Gasteiger partial charge in [0.1, 0.15) is 5.60 Å². The monoisotopic (exact) mass is 309 g/mol. The van der Waals surface area contributed by atoms with E-state index in [1.807, 2.05) is 37.3 Å². The van der Waals surface area contributed by atoms with Gasteiger partial charge in [-0.05, 0) is 39.7 Å².